The fourth-order valence-corrected chi connectivity index (χ4v) is 4.10. The Morgan fingerprint density at radius 1 is 1.20 bits per heavy atom. The molecule has 0 aliphatic carbocycles. The van der Waals surface area contributed by atoms with Crippen LogP contribution in [0.4, 0.5) is 5.69 Å². The molecule has 0 spiro atoms. The van der Waals surface area contributed by atoms with Gasteiger partial charge in [0.25, 0.3) is 5.91 Å². The van der Waals surface area contributed by atoms with Crippen molar-refractivity contribution in [1.29, 1.82) is 0 Å². The highest BCUT2D eigenvalue weighted by atomic mass is 16.3. The minimum absolute atomic E-state index is 0.231. The Morgan fingerprint density at radius 3 is 2.64 bits per heavy atom. The number of nitrogens with zero attached hydrogens (tertiary/aromatic N) is 3. The summed E-state index contributed by atoms with van der Waals surface area (Å²) in [6.07, 6.45) is 0.946. The van der Waals surface area contributed by atoms with Crippen molar-refractivity contribution in [3.05, 3.63) is 58.0 Å². The number of rotatable bonds is 3. The van der Waals surface area contributed by atoms with Gasteiger partial charge in [0.1, 0.15) is 0 Å². The van der Waals surface area contributed by atoms with Crippen molar-refractivity contribution < 1.29 is 4.79 Å². The summed E-state index contributed by atoms with van der Waals surface area (Å²) in [6.45, 7) is 4.93. The van der Waals surface area contributed by atoms with E-state index in [0.29, 0.717) is 0 Å². The minimum Gasteiger partial charge on any atom is -0.312 e. The number of carbonyl (C=O) groups excluding carboxylic acids is 1. The molecule has 4 rings (SSSR count). The van der Waals surface area contributed by atoms with Crippen LogP contribution in [0.1, 0.15) is 29.7 Å². The SMILES string of the molecule is CCN1CCc2c(-c3ccccc3)cc3c(c2C1)N(C)C(=O)C3N=O. The van der Waals surface area contributed by atoms with E-state index in [1.54, 1.807) is 11.9 Å². The van der Waals surface area contributed by atoms with Crippen molar-refractivity contribution in [3.63, 3.8) is 0 Å². The van der Waals surface area contributed by atoms with Gasteiger partial charge >= 0.3 is 0 Å². The number of nitroso groups, excluding NO2 is 1. The van der Waals surface area contributed by atoms with E-state index in [-0.39, 0.29) is 5.91 Å². The molecule has 2 aliphatic heterocycles. The Bertz CT molecular complexity index is 848. The van der Waals surface area contributed by atoms with Gasteiger partial charge in [-0.25, -0.2) is 0 Å². The quantitative estimate of drug-likeness (QED) is 0.807. The Balaban J connectivity index is 1.99. The van der Waals surface area contributed by atoms with Gasteiger partial charge in [0.05, 0.1) is 5.69 Å². The van der Waals surface area contributed by atoms with Gasteiger partial charge in [-0.15, -0.1) is 4.91 Å². The van der Waals surface area contributed by atoms with E-state index < -0.39 is 6.04 Å². The van der Waals surface area contributed by atoms with Crippen molar-refractivity contribution in [2.75, 3.05) is 25.0 Å². The van der Waals surface area contributed by atoms with E-state index in [2.05, 4.69) is 29.1 Å². The third-order valence-electron chi connectivity index (χ3n) is 5.44. The van der Waals surface area contributed by atoms with Crippen LogP contribution in [0.2, 0.25) is 0 Å². The van der Waals surface area contributed by atoms with Crippen LogP contribution in [0.25, 0.3) is 11.1 Å². The van der Waals surface area contributed by atoms with Crippen LogP contribution in [-0.2, 0) is 17.8 Å². The van der Waals surface area contributed by atoms with Crippen molar-refractivity contribution in [1.82, 2.24) is 4.90 Å². The third kappa shape index (κ3) is 2.38. The summed E-state index contributed by atoms with van der Waals surface area (Å²) in [5.41, 5.74) is 6.35. The van der Waals surface area contributed by atoms with Crippen molar-refractivity contribution in [3.8, 4) is 11.1 Å². The molecule has 2 aliphatic rings. The van der Waals surface area contributed by atoms with Crippen LogP contribution in [0.3, 0.4) is 0 Å². The first-order chi connectivity index (χ1) is 12.2. The fourth-order valence-electron chi connectivity index (χ4n) is 4.10. The molecule has 2 aromatic carbocycles. The molecule has 25 heavy (non-hydrogen) atoms. The van der Waals surface area contributed by atoms with Crippen LogP contribution in [0.5, 0.6) is 0 Å². The predicted octanol–water partition coefficient (Wildman–Crippen LogP) is 3.52. The van der Waals surface area contributed by atoms with Gasteiger partial charge in [-0.3, -0.25) is 9.69 Å². The monoisotopic (exact) mass is 335 g/mol. The first-order valence-electron chi connectivity index (χ1n) is 8.72. The van der Waals surface area contributed by atoms with Crippen LogP contribution in [-0.4, -0.2) is 30.9 Å². The Morgan fingerprint density at radius 2 is 1.96 bits per heavy atom. The van der Waals surface area contributed by atoms with E-state index in [0.717, 1.165) is 48.4 Å². The van der Waals surface area contributed by atoms with E-state index in [9.17, 15) is 9.70 Å². The number of likely N-dealkylation sites (N-methyl/N-ethyl adjacent to an activating group) is 2. The molecule has 1 atom stereocenters. The molecule has 0 fully saturated rings. The second-order valence-corrected chi connectivity index (χ2v) is 6.71. The highest BCUT2D eigenvalue weighted by Crippen LogP contribution is 2.46. The van der Waals surface area contributed by atoms with Crippen molar-refractivity contribution in [2.24, 2.45) is 5.18 Å². The first kappa shape index (κ1) is 16.0. The maximum Gasteiger partial charge on any atom is 0.259 e. The van der Waals surface area contributed by atoms with Crippen molar-refractivity contribution >= 4 is 11.6 Å². The van der Waals surface area contributed by atoms with Crippen molar-refractivity contribution in [2.45, 2.75) is 25.9 Å². The van der Waals surface area contributed by atoms with Crippen LogP contribution < -0.4 is 4.90 Å². The molecule has 0 aromatic heterocycles. The Labute approximate surface area is 147 Å². The highest BCUT2D eigenvalue weighted by Gasteiger charge is 2.40. The average molecular weight is 335 g/mol. The molecule has 1 amide bonds. The minimum atomic E-state index is -0.926. The zero-order chi connectivity index (χ0) is 17.6. The molecule has 5 nitrogen and oxygen atoms in total. The normalized spacial score (nSPS) is 19.7. The Kier molecular flexibility index (Phi) is 3.88. The lowest BCUT2D eigenvalue weighted by atomic mass is 9.86. The van der Waals surface area contributed by atoms with E-state index in [1.807, 2.05) is 24.3 Å². The van der Waals surface area contributed by atoms with Gasteiger partial charge in [0.15, 0.2) is 6.04 Å². The number of fused-ring (bicyclic) bond motifs is 3. The van der Waals surface area contributed by atoms with Gasteiger partial charge in [0.2, 0.25) is 0 Å². The number of hydrogen-bond acceptors (Lipinski definition) is 4. The molecule has 128 valence electrons. The summed E-state index contributed by atoms with van der Waals surface area (Å²) >= 11 is 0. The van der Waals surface area contributed by atoms with Gasteiger partial charge in [0, 0.05) is 25.7 Å². The predicted molar refractivity (Wildman–Crippen MR) is 98.5 cm³/mol. The second-order valence-electron chi connectivity index (χ2n) is 6.71. The zero-order valence-corrected chi connectivity index (χ0v) is 14.5. The summed E-state index contributed by atoms with van der Waals surface area (Å²) in [5.74, 6) is -0.231. The molecule has 0 bridgehead atoms. The summed E-state index contributed by atoms with van der Waals surface area (Å²) < 4.78 is 0. The summed E-state index contributed by atoms with van der Waals surface area (Å²) in [6, 6.07) is 11.3. The number of hydrogen-bond donors (Lipinski definition) is 0. The highest BCUT2D eigenvalue weighted by molar-refractivity contribution is 6.06. The molecule has 0 N–H and O–H groups in total. The molecular formula is C20H21N3O2. The molecule has 5 heteroatoms. The molecule has 1 unspecified atom stereocenters. The molecule has 0 saturated heterocycles. The smallest absolute Gasteiger partial charge is 0.259 e. The summed E-state index contributed by atoms with van der Waals surface area (Å²) in [4.78, 5) is 27.8. The van der Waals surface area contributed by atoms with Gasteiger partial charge in [-0.2, -0.15) is 0 Å². The maximum absolute atomic E-state index is 12.5. The van der Waals surface area contributed by atoms with Crippen LogP contribution in [0.15, 0.2) is 41.6 Å². The van der Waals surface area contributed by atoms with Gasteiger partial charge in [-0.05, 0) is 41.3 Å². The third-order valence-corrected chi connectivity index (χ3v) is 5.44. The maximum atomic E-state index is 12.5. The first-order valence-corrected chi connectivity index (χ1v) is 8.72. The molecule has 2 heterocycles. The standard InChI is InChI=1S/C20H21N3O2/c1-3-23-10-9-14-15(13-7-5-4-6-8-13)11-16-18(21-25)20(24)22(2)19(16)17(14)12-23/h4-8,11,18H,3,9-10,12H2,1-2H3. The van der Waals surface area contributed by atoms with E-state index >= 15 is 0 Å². The average Bonchev–Trinajstić information content (AvgIpc) is 2.91. The lowest BCUT2D eigenvalue weighted by molar-refractivity contribution is -0.118. The molecule has 0 saturated carbocycles. The number of anilines is 1. The van der Waals surface area contributed by atoms with Crippen LogP contribution in [0, 0.1) is 4.91 Å². The van der Waals surface area contributed by atoms with E-state index in [1.165, 1.54) is 11.1 Å². The number of amides is 1. The zero-order valence-electron chi connectivity index (χ0n) is 14.5. The number of benzene rings is 2. The van der Waals surface area contributed by atoms with Gasteiger partial charge < -0.3 is 4.90 Å². The molecular weight excluding hydrogens is 314 g/mol. The van der Waals surface area contributed by atoms with E-state index in [4.69, 9.17) is 0 Å². The fraction of sp³-hybridized carbons (Fsp3) is 0.350. The summed E-state index contributed by atoms with van der Waals surface area (Å²) in [7, 11) is 1.75. The largest absolute Gasteiger partial charge is 0.312 e. The Hall–Kier alpha value is -2.53. The number of carbonyl (C=O) groups is 1. The lowest BCUT2D eigenvalue weighted by Crippen LogP contribution is -2.32. The topological polar surface area (TPSA) is 53.0 Å². The van der Waals surface area contributed by atoms with Gasteiger partial charge in [-0.1, -0.05) is 42.4 Å². The van der Waals surface area contributed by atoms with Crippen LogP contribution >= 0.6 is 0 Å². The molecule has 2 aromatic rings. The second kappa shape index (κ2) is 6.08. The lowest BCUT2D eigenvalue weighted by Gasteiger charge is -2.32. The summed E-state index contributed by atoms with van der Waals surface area (Å²) in [5, 5.41) is 3.13. The molecule has 0 radical (unpaired) electrons.